The Bertz CT molecular complexity index is 281. The SMILES string of the molecule is CCOC(=O)CCC(=O)CN1C(C)CCCC1C. The molecule has 104 valence electrons. The van der Waals surface area contributed by atoms with Crippen molar-refractivity contribution in [3.63, 3.8) is 0 Å². The second kappa shape index (κ2) is 7.52. The van der Waals surface area contributed by atoms with E-state index in [1.54, 1.807) is 6.92 Å². The third-order valence-electron chi connectivity index (χ3n) is 3.65. The lowest BCUT2D eigenvalue weighted by molar-refractivity contribution is -0.144. The molecule has 18 heavy (non-hydrogen) atoms. The van der Waals surface area contributed by atoms with Crippen molar-refractivity contribution < 1.29 is 14.3 Å². The van der Waals surface area contributed by atoms with Crippen LogP contribution >= 0.6 is 0 Å². The smallest absolute Gasteiger partial charge is 0.306 e. The fraction of sp³-hybridized carbons (Fsp3) is 0.857. The molecule has 0 saturated carbocycles. The van der Waals surface area contributed by atoms with E-state index in [-0.39, 0.29) is 18.2 Å². The summed E-state index contributed by atoms with van der Waals surface area (Å²) in [6.07, 6.45) is 4.08. The summed E-state index contributed by atoms with van der Waals surface area (Å²) in [5.41, 5.74) is 0. The molecule has 4 nitrogen and oxygen atoms in total. The van der Waals surface area contributed by atoms with Gasteiger partial charge in [0, 0.05) is 18.5 Å². The largest absolute Gasteiger partial charge is 0.466 e. The number of ether oxygens (including phenoxy) is 1. The maximum atomic E-state index is 11.9. The van der Waals surface area contributed by atoms with Crippen LogP contribution in [0, 0.1) is 0 Å². The van der Waals surface area contributed by atoms with E-state index < -0.39 is 0 Å². The number of piperidine rings is 1. The highest BCUT2D eigenvalue weighted by Gasteiger charge is 2.26. The average Bonchev–Trinajstić information content (AvgIpc) is 2.32. The number of likely N-dealkylation sites (tertiary alicyclic amines) is 1. The minimum absolute atomic E-state index is 0.142. The molecule has 0 bridgehead atoms. The molecule has 1 aliphatic rings. The summed E-state index contributed by atoms with van der Waals surface area (Å²) in [6, 6.07) is 0.945. The molecule has 0 radical (unpaired) electrons. The van der Waals surface area contributed by atoms with Crippen molar-refractivity contribution in [2.75, 3.05) is 13.2 Å². The summed E-state index contributed by atoms with van der Waals surface area (Å²) >= 11 is 0. The topological polar surface area (TPSA) is 46.6 Å². The number of nitrogens with zero attached hydrogens (tertiary/aromatic N) is 1. The van der Waals surface area contributed by atoms with Gasteiger partial charge in [0.25, 0.3) is 0 Å². The van der Waals surface area contributed by atoms with Crippen LogP contribution in [0.3, 0.4) is 0 Å². The number of Topliss-reactive ketones (excluding diaryl/α,β-unsaturated/α-hetero) is 1. The molecular weight excluding hydrogens is 230 g/mol. The predicted octanol–water partition coefficient (Wildman–Crippen LogP) is 2.16. The van der Waals surface area contributed by atoms with Crippen molar-refractivity contribution in [1.82, 2.24) is 4.90 Å². The van der Waals surface area contributed by atoms with Crippen molar-refractivity contribution in [3.05, 3.63) is 0 Å². The number of rotatable bonds is 6. The Morgan fingerprint density at radius 2 is 1.78 bits per heavy atom. The van der Waals surface area contributed by atoms with Gasteiger partial charge in [-0.15, -0.1) is 0 Å². The number of esters is 1. The Morgan fingerprint density at radius 3 is 2.33 bits per heavy atom. The quantitative estimate of drug-likeness (QED) is 0.682. The monoisotopic (exact) mass is 255 g/mol. The van der Waals surface area contributed by atoms with Gasteiger partial charge < -0.3 is 4.74 Å². The third-order valence-corrected chi connectivity index (χ3v) is 3.65. The van der Waals surface area contributed by atoms with Crippen molar-refractivity contribution in [3.8, 4) is 0 Å². The van der Waals surface area contributed by atoms with Gasteiger partial charge >= 0.3 is 5.97 Å². The Morgan fingerprint density at radius 1 is 1.17 bits per heavy atom. The first-order valence-electron chi connectivity index (χ1n) is 6.97. The first-order chi connectivity index (χ1) is 8.54. The van der Waals surface area contributed by atoms with E-state index in [4.69, 9.17) is 4.74 Å². The number of carbonyl (C=O) groups is 2. The van der Waals surface area contributed by atoms with Gasteiger partial charge in [-0.1, -0.05) is 6.42 Å². The number of carbonyl (C=O) groups excluding carboxylic acids is 2. The molecule has 1 aliphatic heterocycles. The molecular formula is C14H25NO3. The second-order valence-electron chi connectivity index (χ2n) is 5.14. The van der Waals surface area contributed by atoms with Gasteiger partial charge in [-0.2, -0.15) is 0 Å². The van der Waals surface area contributed by atoms with E-state index in [2.05, 4.69) is 18.7 Å². The van der Waals surface area contributed by atoms with E-state index in [0.29, 0.717) is 31.7 Å². The summed E-state index contributed by atoms with van der Waals surface area (Å²) < 4.78 is 4.82. The van der Waals surface area contributed by atoms with E-state index in [1.165, 1.54) is 6.42 Å². The molecule has 0 spiro atoms. The van der Waals surface area contributed by atoms with Crippen LogP contribution in [-0.2, 0) is 14.3 Å². The molecule has 1 fully saturated rings. The molecule has 1 rings (SSSR count). The van der Waals surface area contributed by atoms with Crippen LogP contribution < -0.4 is 0 Å². The van der Waals surface area contributed by atoms with Crippen LogP contribution in [0.25, 0.3) is 0 Å². The highest BCUT2D eigenvalue weighted by molar-refractivity contribution is 5.84. The van der Waals surface area contributed by atoms with Gasteiger partial charge in [0.1, 0.15) is 5.78 Å². The maximum absolute atomic E-state index is 11.9. The summed E-state index contributed by atoms with van der Waals surface area (Å²) in [6.45, 7) is 6.98. The summed E-state index contributed by atoms with van der Waals surface area (Å²) in [7, 11) is 0. The van der Waals surface area contributed by atoms with E-state index in [9.17, 15) is 9.59 Å². The maximum Gasteiger partial charge on any atom is 0.306 e. The fourth-order valence-corrected chi connectivity index (χ4v) is 2.54. The average molecular weight is 255 g/mol. The number of ketones is 1. The van der Waals surface area contributed by atoms with Gasteiger partial charge in [-0.25, -0.2) is 0 Å². The van der Waals surface area contributed by atoms with Crippen LogP contribution in [0.15, 0.2) is 0 Å². The van der Waals surface area contributed by atoms with Crippen molar-refractivity contribution >= 4 is 11.8 Å². The van der Waals surface area contributed by atoms with Gasteiger partial charge in [-0.3, -0.25) is 14.5 Å². The molecule has 0 N–H and O–H groups in total. The Balaban J connectivity index is 2.32. The summed E-state index contributed by atoms with van der Waals surface area (Å²) in [5.74, 6) is -0.130. The predicted molar refractivity (Wildman–Crippen MR) is 70.4 cm³/mol. The van der Waals surface area contributed by atoms with Crippen LogP contribution in [0.4, 0.5) is 0 Å². The van der Waals surface area contributed by atoms with Crippen molar-refractivity contribution in [2.45, 2.75) is 65.0 Å². The lowest BCUT2D eigenvalue weighted by atomic mass is 9.97. The summed E-state index contributed by atoms with van der Waals surface area (Å²) in [4.78, 5) is 25.3. The Hall–Kier alpha value is -0.900. The first-order valence-corrected chi connectivity index (χ1v) is 6.97. The standard InChI is InChI=1S/C14H25NO3/c1-4-18-14(17)9-8-13(16)10-15-11(2)6-5-7-12(15)3/h11-12H,4-10H2,1-3H3. The van der Waals surface area contributed by atoms with Crippen molar-refractivity contribution in [2.24, 2.45) is 0 Å². The normalized spacial score (nSPS) is 24.8. The molecule has 0 aliphatic carbocycles. The number of hydrogen-bond acceptors (Lipinski definition) is 4. The molecule has 1 heterocycles. The van der Waals surface area contributed by atoms with E-state index in [1.807, 2.05) is 0 Å². The molecule has 4 heteroatoms. The second-order valence-corrected chi connectivity index (χ2v) is 5.14. The molecule has 2 unspecified atom stereocenters. The van der Waals surface area contributed by atoms with Gasteiger partial charge in [0.15, 0.2) is 0 Å². The number of hydrogen-bond donors (Lipinski definition) is 0. The highest BCUT2D eigenvalue weighted by Crippen LogP contribution is 2.22. The van der Waals surface area contributed by atoms with Crippen LogP contribution in [0.1, 0.15) is 52.9 Å². The first kappa shape index (κ1) is 15.2. The zero-order valence-electron chi connectivity index (χ0n) is 11.8. The Labute approximate surface area is 110 Å². The lowest BCUT2D eigenvalue weighted by Crippen LogP contribution is -2.46. The lowest BCUT2D eigenvalue weighted by Gasteiger charge is -2.38. The van der Waals surface area contributed by atoms with Gasteiger partial charge in [0.2, 0.25) is 0 Å². The Kier molecular flexibility index (Phi) is 6.33. The fourth-order valence-electron chi connectivity index (χ4n) is 2.54. The van der Waals surface area contributed by atoms with Crippen LogP contribution in [0.2, 0.25) is 0 Å². The van der Waals surface area contributed by atoms with Gasteiger partial charge in [0.05, 0.1) is 19.6 Å². The molecule has 0 aromatic carbocycles. The van der Waals surface area contributed by atoms with E-state index in [0.717, 1.165) is 12.8 Å². The van der Waals surface area contributed by atoms with Crippen LogP contribution in [-0.4, -0.2) is 41.9 Å². The molecule has 2 atom stereocenters. The highest BCUT2D eigenvalue weighted by atomic mass is 16.5. The molecule has 0 amide bonds. The summed E-state index contributed by atoms with van der Waals surface area (Å²) in [5, 5.41) is 0. The van der Waals surface area contributed by atoms with Gasteiger partial charge in [-0.05, 0) is 33.6 Å². The zero-order valence-corrected chi connectivity index (χ0v) is 11.8. The molecule has 0 aromatic heterocycles. The van der Waals surface area contributed by atoms with Crippen molar-refractivity contribution in [1.29, 1.82) is 0 Å². The minimum Gasteiger partial charge on any atom is -0.466 e. The van der Waals surface area contributed by atoms with Crippen LogP contribution in [0.5, 0.6) is 0 Å². The third kappa shape index (κ3) is 4.77. The molecule has 1 saturated heterocycles. The minimum atomic E-state index is -0.273. The van der Waals surface area contributed by atoms with E-state index >= 15 is 0 Å². The zero-order chi connectivity index (χ0) is 13.5. The molecule has 0 aromatic rings.